The van der Waals surface area contributed by atoms with Crippen LogP contribution in [0.2, 0.25) is 5.02 Å². The van der Waals surface area contributed by atoms with Gasteiger partial charge in [0.2, 0.25) is 0 Å². The Labute approximate surface area is 172 Å². The summed E-state index contributed by atoms with van der Waals surface area (Å²) in [7, 11) is 0. The van der Waals surface area contributed by atoms with Crippen LogP contribution in [0, 0.1) is 23.7 Å². The maximum Gasteiger partial charge on any atom is 0.303 e. The summed E-state index contributed by atoms with van der Waals surface area (Å²) < 4.78 is 0. The second-order valence-electron chi connectivity index (χ2n) is 7.72. The molecule has 2 rings (SSSR count). The van der Waals surface area contributed by atoms with Crippen molar-refractivity contribution in [2.75, 3.05) is 0 Å². The molecule has 1 aromatic rings. The predicted molar refractivity (Wildman–Crippen MR) is 111 cm³/mol. The molecule has 1 saturated carbocycles. The number of hydrogen-bond donors (Lipinski definition) is 3. The number of aliphatic hydroxyl groups excluding tert-OH is 2. The lowest BCUT2D eigenvalue weighted by Gasteiger charge is -2.23. The minimum absolute atomic E-state index is 0.121. The number of carboxylic acid groups (broad SMARTS) is 1. The Hall–Kier alpha value is -1.54. The van der Waals surface area contributed by atoms with Crippen LogP contribution < -0.4 is 0 Å². The van der Waals surface area contributed by atoms with Gasteiger partial charge >= 0.3 is 5.97 Å². The van der Waals surface area contributed by atoms with Crippen molar-refractivity contribution in [3.05, 3.63) is 34.9 Å². The lowest BCUT2D eigenvalue weighted by atomic mass is 9.85. The number of unbranched alkanes of at least 4 members (excludes halogenated alkanes) is 4. The monoisotopic (exact) mass is 406 g/mol. The molecule has 0 bridgehead atoms. The Morgan fingerprint density at radius 2 is 1.64 bits per heavy atom. The van der Waals surface area contributed by atoms with Gasteiger partial charge in [-0.3, -0.25) is 4.79 Å². The van der Waals surface area contributed by atoms with Crippen molar-refractivity contribution in [1.29, 1.82) is 0 Å². The van der Waals surface area contributed by atoms with E-state index in [1.807, 2.05) is 24.3 Å². The number of aliphatic carboxylic acids is 1. The Bertz CT molecular complexity index is 679. The maximum atomic E-state index is 10.5. The molecule has 1 fully saturated rings. The first-order valence-electron chi connectivity index (χ1n) is 10.3. The number of aliphatic hydroxyl groups is 2. The van der Waals surface area contributed by atoms with Gasteiger partial charge in [0, 0.05) is 18.4 Å². The summed E-state index contributed by atoms with van der Waals surface area (Å²) in [6, 6.07) is 7.53. The summed E-state index contributed by atoms with van der Waals surface area (Å²) in [4.78, 5) is 10.5. The summed E-state index contributed by atoms with van der Waals surface area (Å²) >= 11 is 6.10. The van der Waals surface area contributed by atoms with Crippen molar-refractivity contribution in [1.82, 2.24) is 0 Å². The van der Waals surface area contributed by atoms with Crippen molar-refractivity contribution in [3.63, 3.8) is 0 Å². The van der Waals surface area contributed by atoms with Crippen molar-refractivity contribution in [2.24, 2.45) is 11.8 Å². The summed E-state index contributed by atoms with van der Waals surface area (Å²) in [5, 5.41) is 30.0. The Kier molecular flexibility index (Phi) is 9.84. The fourth-order valence-corrected chi connectivity index (χ4v) is 4.32. The maximum absolute atomic E-state index is 10.5. The molecule has 1 aliphatic carbocycles. The molecule has 1 aliphatic rings. The number of halogens is 1. The molecule has 1 aromatic carbocycles. The SMILES string of the molecule is O=C(O)CCCCCCC1[C@@H](CCCC#Cc2ccccc2Cl)[C@H](O)C[C@@H]1O. The van der Waals surface area contributed by atoms with E-state index in [1.54, 1.807) is 0 Å². The summed E-state index contributed by atoms with van der Waals surface area (Å²) in [5.74, 6) is 5.76. The highest BCUT2D eigenvalue weighted by molar-refractivity contribution is 6.31. The van der Waals surface area contributed by atoms with Gasteiger partial charge in [-0.05, 0) is 56.1 Å². The van der Waals surface area contributed by atoms with Crippen LogP contribution in [-0.4, -0.2) is 33.5 Å². The van der Waals surface area contributed by atoms with Crippen molar-refractivity contribution >= 4 is 17.6 Å². The minimum Gasteiger partial charge on any atom is -0.481 e. The third-order valence-corrected chi connectivity index (χ3v) is 5.97. The molecule has 28 heavy (non-hydrogen) atoms. The largest absolute Gasteiger partial charge is 0.481 e. The molecule has 154 valence electrons. The Morgan fingerprint density at radius 3 is 2.32 bits per heavy atom. The second kappa shape index (κ2) is 12.1. The zero-order chi connectivity index (χ0) is 20.4. The van der Waals surface area contributed by atoms with Gasteiger partial charge in [-0.15, -0.1) is 0 Å². The fourth-order valence-electron chi connectivity index (χ4n) is 4.14. The van der Waals surface area contributed by atoms with Gasteiger partial charge in [0.25, 0.3) is 0 Å². The van der Waals surface area contributed by atoms with E-state index in [4.69, 9.17) is 16.7 Å². The molecule has 1 unspecified atom stereocenters. The van der Waals surface area contributed by atoms with Gasteiger partial charge < -0.3 is 15.3 Å². The van der Waals surface area contributed by atoms with E-state index >= 15 is 0 Å². The minimum atomic E-state index is -0.743. The lowest BCUT2D eigenvalue weighted by Crippen LogP contribution is -2.22. The molecule has 0 heterocycles. The van der Waals surface area contributed by atoms with Crippen LogP contribution in [0.4, 0.5) is 0 Å². The van der Waals surface area contributed by atoms with Gasteiger partial charge in [0.05, 0.1) is 17.2 Å². The molecule has 3 N–H and O–H groups in total. The predicted octanol–water partition coefficient (Wildman–Crippen LogP) is 4.64. The van der Waals surface area contributed by atoms with Gasteiger partial charge in [-0.25, -0.2) is 0 Å². The molecule has 5 heteroatoms. The Balaban J connectivity index is 1.72. The zero-order valence-corrected chi connectivity index (χ0v) is 17.1. The summed E-state index contributed by atoms with van der Waals surface area (Å²) in [5.41, 5.74) is 0.835. The quantitative estimate of drug-likeness (QED) is 0.390. The van der Waals surface area contributed by atoms with Crippen LogP contribution >= 0.6 is 11.6 Å². The first-order valence-corrected chi connectivity index (χ1v) is 10.7. The van der Waals surface area contributed by atoms with Gasteiger partial charge in [0.1, 0.15) is 0 Å². The molecule has 0 spiro atoms. The van der Waals surface area contributed by atoms with Gasteiger partial charge in [0.15, 0.2) is 0 Å². The standard InChI is InChI=1S/C23H31ClO4/c24-20-14-9-8-11-17(20)10-4-3-6-13-19-18(21(25)16-22(19)26)12-5-1-2-7-15-23(27)28/h8-9,11,14,18-19,21-22,25-26H,1-3,5-7,12-13,15-16H2,(H,27,28)/t18?,19-,21+,22-/m1/s1. The van der Waals surface area contributed by atoms with Crippen LogP contribution in [-0.2, 0) is 4.79 Å². The average Bonchev–Trinajstić information content (AvgIpc) is 2.92. The third-order valence-electron chi connectivity index (χ3n) is 5.64. The van der Waals surface area contributed by atoms with E-state index in [0.29, 0.717) is 17.9 Å². The van der Waals surface area contributed by atoms with Gasteiger partial charge in [-0.1, -0.05) is 54.8 Å². The van der Waals surface area contributed by atoms with Gasteiger partial charge in [-0.2, -0.15) is 0 Å². The smallest absolute Gasteiger partial charge is 0.303 e. The van der Waals surface area contributed by atoms with Crippen LogP contribution in [0.25, 0.3) is 0 Å². The Morgan fingerprint density at radius 1 is 1.00 bits per heavy atom. The van der Waals surface area contributed by atoms with Crippen LogP contribution in [0.5, 0.6) is 0 Å². The van der Waals surface area contributed by atoms with Crippen molar-refractivity contribution < 1.29 is 20.1 Å². The van der Waals surface area contributed by atoms with Crippen molar-refractivity contribution in [2.45, 2.75) is 76.4 Å². The topological polar surface area (TPSA) is 77.8 Å². The lowest BCUT2D eigenvalue weighted by molar-refractivity contribution is -0.137. The highest BCUT2D eigenvalue weighted by Crippen LogP contribution is 2.39. The molecule has 0 radical (unpaired) electrons. The number of carbonyl (C=O) groups is 1. The zero-order valence-electron chi connectivity index (χ0n) is 16.3. The third kappa shape index (κ3) is 7.47. The first-order chi connectivity index (χ1) is 13.5. The molecule has 4 atom stereocenters. The molecule has 0 amide bonds. The van der Waals surface area contributed by atoms with Crippen LogP contribution in [0.15, 0.2) is 24.3 Å². The molecule has 0 saturated heterocycles. The number of rotatable bonds is 10. The second-order valence-corrected chi connectivity index (χ2v) is 8.13. The number of carboxylic acids is 1. The molecule has 0 aliphatic heterocycles. The van der Waals surface area contributed by atoms with E-state index in [-0.39, 0.29) is 18.3 Å². The van der Waals surface area contributed by atoms with Crippen LogP contribution in [0.1, 0.15) is 69.8 Å². The highest BCUT2D eigenvalue weighted by Gasteiger charge is 2.40. The van der Waals surface area contributed by atoms with E-state index in [0.717, 1.165) is 50.5 Å². The molecular formula is C23H31ClO4. The summed E-state index contributed by atoms with van der Waals surface area (Å²) in [6.45, 7) is 0. The summed E-state index contributed by atoms with van der Waals surface area (Å²) in [6.07, 6.45) is 6.74. The van der Waals surface area contributed by atoms with E-state index < -0.39 is 18.2 Å². The normalized spacial score (nSPS) is 24.0. The van der Waals surface area contributed by atoms with Crippen molar-refractivity contribution in [3.8, 4) is 11.8 Å². The van der Waals surface area contributed by atoms with Crippen LogP contribution in [0.3, 0.4) is 0 Å². The van der Waals surface area contributed by atoms with E-state index in [1.165, 1.54) is 0 Å². The molecule has 0 aromatic heterocycles. The molecular weight excluding hydrogens is 376 g/mol. The highest BCUT2D eigenvalue weighted by atomic mass is 35.5. The number of hydrogen-bond acceptors (Lipinski definition) is 3. The molecule has 4 nitrogen and oxygen atoms in total. The first kappa shape index (κ1) is 22.7. The van der Waals surface area contributed by atoms with E-state index in [9.17, 15) is 15.0 Å². The van der Waals surface area contributed by atoms with E-state index in [2.05, 4.69) is 11.8 Å². The average molecular weight is 407 g/mol. The number of benzene rings is 1. The fraction of sp³-hybridized carbons (Fsp3) is 0.609.